The molecule has 0 spiro atoms. The molecule has 3 aliphatic rings. The smallest absolute Gasteiger partial charge is 0.280 e. The first-order valence-electron chi connectivity index (χ1n) is 13.9. The molecule has 0 bridgehead atoms. The summed E-state index contributed by atoms with van der Waals surface area (Å²) in [5, 5.41) is 2.99. The molecule has 3 aromatic rings. The van der Waals surface area contributed by atoms with Gasteiger partial charge in [-0.1, -0.05) is 0 Å². The largest absolute Gasteiger partial charge is 0.477 e. The fourth-order valence-electron chi connectivity index (χ4n) is 4.85. The van der Waals surface area contributed by atoms with Crippen molar-refractivity contribution in [3.05, 3.63) is 41.7 Å². The summed E-state index contributed by atoms with van der Waals surface area (Å²) in [5.74, 6) is 0.252. The van der Waals surface area contributed by atoms with E-state index in [4.69, 9.17) is 4.74 Å². The standard InChI is InChI=1S/C26H33N9O4S2/c1-2-39-24-14-27-12-20(31-24)22-13-28-26(40-22)25(36)32-21(15-34-7-9-35(10-8-34)17-3-4-17)19-11-23(30-16-29-19)33-41(37,38)18-5-6-18/h11-14,16-18,21H,2-10,15H2,1H3,(H,32,36)(H,29,30,33)/t21-/m0/s1. The Labute approximate surface area is 242 Å². The van der Waals surface area contributed by atoms with Crippen molar-refractivity contribution in [2.45, 2.75) is 49.9 Å². The van der Waals surface area contributed by atoms with Crippen molar-refractivity contribution in [3.63, 3.8) is 0 Å². The van der Waals surface area contributed by atoms with Crippen LogP contribution in [-0.2, 0) is 10.0 Å². The molecule has 6 rings (SSSR count). The van der Waals surface area contributed by atoms with E-state index in [9.17, 15) is 13.2 Å². The molecular formula is C26H33N9O4S2. The molecule has 0 radical (unpaired) electrons. The van der Waals surface area contributed by atoms with Crippen LogP contribution in [0.5, 0.6) is 5.88 Å². The first kappa shape index (κ1) is 27.9. The Morgan fingerprint density at radius 3 is 2.63 bits per heavy atom. The van der Waals surface area contributed by atoms with Gasteiger partial charge in [-0.05, 0) is 32.6 Å². The number of sulfonamides is 1. The molecule has 2 saturated carbocycles. The quantitative estimate of drug-likeness (QED) is 0.314. The second kappa shape index (κ2) is 11.9. The molecule has 3 fully saturated rings. The SMILES string of the molecule is CCOc1cncc(-c2cnc(C(=O)N[C@@H](CN3CCN(C4CC4)CC3)c3cc(NS(=O)(=O)C4CC4)ncn3)s2)n1. The second-order valence-electron chi connectivity index (χ2n) is 10.5. The zero-order valence-electron chi connectivity index (χ0n) is 22.8. The van der Waals surface area contributed by atoms with E-state index in [2.05, 4.69) is 44.8 Å². The van der Waals surface area contributed by atoms with Crippen LogP contribution in [-0.4, -0.2) is 99.7 Å². The minimum Gasteiger partial charge on any atom is -0.477 e. The molecule has 0 unspecified atom stereocenters. The van der Waals surface area contributed by atoms with Gasteiger partial charge in [-0.3, -0.25) is 24.3 Å². The maximum Gasteiger partial charge on any atom is 0.280 e. The summed E-state index contributed by atoms with van der Waals surface area (Å²) >= 11 is 1.21. The number of anilines is 1. The van der Waals surface area contributed by atoms with Gasteiger partial charge in [-0.25, -0.2) is 28.4 Å². The second-order valence-corrected chi connectivity index (χ2v) is 13.5. The number of carbonyl (C=O) groups is 1. The molecule has 13 nitrogen and oxygen atoms in total. The summed E-state index contributed by atoms with van der Waals surface area (Å²) in [4.78, 5) is 40.5. The Kier molecular flexibility index (Phi) is 8.10. The monoisotopic (exact) mass is 599 g/mol. The Balaban J connectivity index is 1.19. The number of thiazole rings is 1. The molecule has 1 aliphatic heterocycles. The average molecular weight is 600 g/mol. The number of nitrogens with one attached hydrogen (secondary N) is 2. The molecule has 1 saturated heterocycles. The summed E-state index contributed by atoms with van der Waals surface area (Å²) in [7, 11) is -3.49. The summed E-state index contributed by atoms with van der Waals surface area (Å²) < 4.78 is 33.0. The number of nitrogens with zero attached hydrogens (tertiary/aromatic N) is 7. The molecule has 3 aromatic heterocycles. The molecule has 41 heavy (non-hydrogen) atoms. The van der Waals surface area contributed by atoms with Crippen LogP contribution in [0.25, 0.3) is 10.6 Å². The molecule has 1 amide bonds. The number of amides is 1. The van der Waals surface area contributed by atoms with Crippen LogP contribution in [0.3, 0.4) is 0 Å². The van der Waals surface area contributed by atoms with Crippen LogP contribution in [0.1, 0.15) is 54.1 Å². The first-order valence-corrected chi connectivity index (χ1v) is 16.3. The normalized spacial score (nSPS) is 19.0. The maximum absolute atomic E-state index is 13.4. The average Bonchev–Trinajstić information content (AvgIpc) is 3.91. The molecule has 218 valence electrons. The van der Waals surface area contributed by atoms with Crippen LogP contribution in [0, 0.1) is 0 Å². The highest BCUT2D eigenvalue weighted by molar-refractivity contribution is 7.93. The van der Waals surface area contributed by atoms with Crippen LogP contribution in [0.15, 0.2) is 31.0 Å². The van der Waals surface area contributed by atoms with E-state index in [-0.39, 0.29) is 22.0 Å². The third-order valence-electron chi connectivity index (χ3n) is 7.33. The van der Waals surface area contributed by atoms with Gasteiger partial charge in [0.15, 0.2) is 5.01 Å². The van der Waals surface area contributed by atoms with Crippen molar-refractivity contribution in [1.82, 2.24) is 40.0 Å². The zero-order valence-corrected chi connectivity index (χ0v) is 24.4. The van der Waals surface area contributed by atoms with Crippen molar-refractivity contribution in [3.8, 4) is 16.5 Å². The van der Waals surface area contributed by atoms with E-state index < -0.39 is 16.1 Å². The Morgan fingerprint density at radius 1 is 1.10 bits per heavy atom. The lowest BCUT2D eigenvalue weighted by atomic mass is 10.1. The first-order chi connectivity index (χ1) is 19.9. The van der Waals surface area contributed by atoms with Gasteiger partial charge in [-0.2, -0.15) is 0 Å². The van der Waals surface area contributed by atoms with Gasteiger partial charge in [0, 0.05) is 51.0 Å². The van der Waals surface area contributed by atoms with Crippen LogP contribution in [0.4, 0.5) is 5.82 Å². The van der Waals surface area contributed by atoms with E-state index in [1.807, 2.05) is 6.92 Å². The van der Waals surface area contributed by atoms with Crippen molar-refractivity contribution in [2.24, 2.45) is 0 Å². The fourth-order valence-corrected chi connectivity index (χ4v) is 6.95. The number of aromatic nitrogens is 5. The summed E-state index contributed by atoms with van der Waals surface area (Å²) in [6.07, 6.45) is 9.92. The summed E-state index contributed by atoms with van der Waals surface area (Å²) in [5.41, 5.74) is 1.10. The molecular weight excluding hydrogens is 566 g/mol. The number of ether oxygens (including phenoxy) is 1. The lowest BCUT2D eigenvalue weighted by Gasteiger charge is -2.36. The fraction of sp³-hybridized carbons (Fsp3) is 0.538. The number of hydrogen-bond acceptors (Lipinski definition) is 12. The molecule has 2 N–H and O–H groups in total. The number of rotatable bonds is 12. The molecule has 2 aliphatic carbocycles. The third kappa shape index (κ3) is 6.97. The van der Waals surface area contributed by atoms with Gasteiger partial charge in [-0.15, -0.1) is 11.3 Å². The minimum atomic E-state index is -3.49. The van der Waals surface area contributed by atoms with E-state index in [1.54, 1.807) is 18.5 Å². The number of carbonyl (C=O) groups excluding carboxylic acids is 1. The predicted molar refractivity (Wildman–Crippen MR) is 153 cm³/mol. The Morgan fingerprint density at radius 2 is 1.90 bits per heavy atom. The third-order valence-corrected chi connectivity index (χ3v) is 10.2. The Hall–Kier alpha value is -3.27. The highest BCUT2D eigenvalue weighted by Crippen LogP contribution is 2.31. The molecule has 1 atom stereocenters. The van der Waals surface area contributed by atoms with Crippen molar-refractivity contribution >= 4 is 33.1 Å². The Bertz CT molecular complexity index is 1490. The lowest BCUT2D eigenvalue weighted by Crippen LogP contribution is -2.49. The number of piperazine rings is 1. The van der Waals surface area contributed by atoms with Crippen molar-refractivity contribution < 1.29 is 17.9 Å². The van der Waals surface area contributed by atoms with Crippen molar-refractivity contribution in [1.29, 1.82) is 0 Å². The lowest BCUT2D eigenvalue weighted by molar-refractivity contribution is 0.0889. The van der Waals surface area contributed by atoms with E-state index in [0.717, 1.165) is 32.2 Å². The topological polar surface area (TPSA) is 155 Å². The highest BCUT2D eigenvalue weighted by atomic mass is 32.2. The van der Waals surface area contributed by atoms with E-state index >= 15 is 0 Å². The number of hydrogen-bond donors (Lipinski definition) is 2. The zero-order chi connectivity index (χ0) is 28.4. The van der Waals surface area contributed by atoms with E-state index in [1.165, 1.54) is 36.7 Å². The van der Waals surface area contributed by atoms with Crippen molar-refractivity contribution in [2.75, 3.05) is 44.1 Å². The van der Waals surface area contributed by atoms with Gasteiger partial charge in [0.2, 0.25) is 15.9 Å². The van der Waals surface area contributed by atoms with Crippen LogP contribution < -0.4 is 14.8 Å². The summed E-state index contributed by atoms with van der Waals surface area (Å²) in [6, 6.07) is 1.82. The van der Waals surface area contributed by atoms with Gasteiger partial charge in [0.1, 0.15) is 17.8 Å². The van der Waals surface area contributed by atoms with Crippen LogP contribution >= 0.6 is 11.3 Å². The maximum atomic E-state index is 13.4. The molecule has 15 heteroatoms. The van der Waals surface area contributed by atoms with Crippen LogP contribution in [0.2, 0.25) is 0 Å². The summed E-state index contributed by atoms with van der Waals surface area (Å²) in [6.45, 7) is 6.60. The van der Waals surface area contributed by atoms with Gasteiger partial charge in [0.25, 0.3) is 5.91 Å². The van der Waals surface area contributed by atoms with E-state index in [0.29, 0.717) is 48.1 Å². The molecule has 0 aromatic carbocycles. The van der Waals surface area contributed by atoms with Gasteiger partial charge in [0.05, 0.1) is 40.9 Å². The highest BCUT2D eigenvalue weighted by Gasteiger charge is 2.36. The van der Waals surface area contributed by atoms with Gasteiger partial charge < -0.3 is 10.1 Å². The predicted octanol–water partition coefficient (Wildman–Crippen LogP) is 1.94. The minimum absolute atomic E-state index is 0.198. The van der Waals surface area contributed by atoms with Gasteiger partial charge >= 0.3 is 0 Å². The molecule has 4 heterocycles.